The van der Waals surface area contributed by atoms with E-state index in [0.717, 1.165) is 0 Å². The maximum atomic E-state index is 11.9. The molecule has 0 aliphatic carbocycles. The minimum atomic E-state index is -1.20. The van der Waals surface area contributed by atoms with E-state index in [1.807, 2.05) is 0 Å². The number of hydrogen-bond acceptors (Lipinski definition) is 7. The summed E-state index contributed by atoms with van der Waals surface area (Å²) in [5.41, 5.74) is 5.96. The number of fused-ring (bicyclic) bond motifs is 1. The van der Waals surface area contributed by atoms with E-state index in [2.05, 4.69) is 20.3 Å². The van der Waals surface area contributed by atoms with Crippen molar-refractivity contribution in [2.75, 3.05) is 0 Å². The van der Waals surface area contributed by atoms with Gasteiger partial charge in [0.1, 0.15) is 17.1 Å². The Morgan fingerprint density at radius 2 is 2.33 bits per heavy atom. The highest BCUT2D eigenvalue weighted by Crippen LogP contribution is 2.14. The standard InChI is InChI=1S/C11H10N6O3S/c12-3-6-8(11(19)20)15-16-17(6)4-7-13-5-1-2-21-9(5)10(18)14-7/h1-2H,3-4,12H2,(H,19,20)(H,13,14,18). The Hall–Kier alpha value is -2.59. The van der Waals surface area contributed by atoms with E-state index in [1.54, 1.807) is 11.4 Å². The van der Waals surface area contributed by atoms with Crippen LogP contribution in [-0.2, 0) is 13.1 Å². The fourth-order valence-electron chi connectivity index (χ4n) is 1.97. The van der Waals surface area contributed by atoms with E-state index in [-0.39, 0.29) is 30.0 Å². The van der Waals surface area contributed by atoms with Gasteiger partial charge in [0, 0.05) is 6.54 Å². The smallest absolute Gasteiger partial charge is 0.358 e. The Morgan fingerprint density at radius 3 is 3.05 bits per heavy atom. The molecule has 0 unspecified atom stereocenters. The van der Waals surface area contributed by atoms with Crippen molar-refractivity contribution in [3.05, 3.63) is 39.0 Å². The third-order valence-electron chi connectivity index (χ3n) is 2.90. The van der Waals surface area contributed by atoms with Crippen LogP contribution in [0.15, 0.2) is 16.2 Å². The van der Waals surface area contributed by atoms with Crippen LogP contribution in [0.5, 0.6) is 0 Å². The molecule has 4 N–H and O–H groups in total. The highest BCUT2D eigenvalue weighted by molar-refractivity contribution is 7.17. The molecule has 0 aromatic carbocycles. The van der Waals surface area contributed by atoms with Crippen LogP contribution >= 0.6 is 11.3 Å². The van der Waals surface area contributed by atoms with Gasteiger partial charge < -0.3 is 15.8 Å². The zero-order chi connectivity index (χ0) is 15.0. The van der Waals surface area contributed by atoms with Crippen LogP contribution in [0.3, 0.4) is 0 Å². The van der Waals surface area contributed by atoms with Gasteiger partial charge in [-0.05, 0) is 11.4 Å². The molecular formula is C11H10N6O3S. The summed E-state index contributed by atoms with van der Waals surface area (Å²) < 4.78 is 1.86. The van der Waals surface area contributed by atoms with Gasteiger partial charge in [-0.3, -0.25) is 4.79 Å². The van der Waals surface area contributed by atoms with Crippen LogP contribution in [-0.4, -0.2) is 36.0 Å². The van der Waals surface area contributed by atoms with E-state index in [9.17, 15) is 9.59 Å². The molecule has 9 nitrogen and oxygen atoms in total. The largest absolute Gasteiger partial charge is 0.476 e. The first-order valence-corrected chi connectivity index (χ1v) is 6.80. The first kappa shape index (κ1) is 13.4. The molecular weight excluding hydrogens is 296 g/mol. The second kappa shape index (κ2) is 5.07. The topological polar surface area (TPSA) is 140 Å². The fourth-order valence-corrected chi connectivity index (χ4v) is 2.69. The van der Waals surface area contributed by atoms with Crippen LogP contribution in [0.4, 0.5) is 0 Å². The molecule has 0 saturated carbocycles. The zero-order valence-corrected chi connectivity index (χ0v) is 11.4. The van der Waals surface area contributed by atoms with Crippen molar-refractivity contribution < 1.29 is 9.90 Å². The molecule has 0 amide bonds. The van der Waals surface area contributed by atoms with Gasteiger partial charge in [-0.1, -0.05) is 5.21 Å². The number of carboxylic acids is 1. The number of aromatic amines is 1. The van der Waals surface area contributed by atoms with Crippen molar-refractivity contribution in [3.63, 3.8) is 0 Å². The monoisotopic (exact) mass is 306 g/mol. The lowest BCUT2D eigenvalue weighted by atomic mass is 10.3. The minimum absolute atomic E-state index is 0.0282. The zero-order valence-electron chi connectivity index (χ0n) is 10.6. The first-order chi connectivity index (χ1) is 10.1. The third-order valence-corrected chi connectivity index (χ3v) is 3.80. The molecule has 3 rings (SSSR count). The Labute approximate surface area is 121 Å². The quantitative estimate of drug-likeness (QED) is 0.605. The summed E-state index contributed by atoms with van der Waals surface area (Å²) in [5.74, 6) is -0.834. The van der Waals surface area contributed by atoms with Gasteiger partial charge in [-0.15, -0.1) is 16.4 Å². The molecule has 0 bridgehead atoms. The SMILES string of the molecule is NCc1c(C(=O)O)nnn1Cc1nc2ccsc2c(=O)[nH]1. The highest BCUT2D eigenvalue weighted by atomic mass is 32.1. The van der Waals surface area contributed by atoms with Gasteiger partial charge >= 0.3 is 5.97 Å². The van der Waals surface area contributed by atoms with Gasteiger partial charge in [0.05, 0.1) is 11.2 Å². The molecule has 0 spiro atoms. The van der Waals surface area contributed by atoms with E-state index >= 15 is 0 Å². The van der Waals surface area contributed by atoms with Crippen molar-refractivity contribution in [1.82, 2.24) is 25.0 Å². The molecule has 108 valence electrons. The highest BCUT2D eigenvalue weighted by Gasteiger charge is 2.18. The molecule has 3 aromatic heterocycles. The molecule has 21 heavy (non-hydrogen) atoms. The van der Waals surface area contributed by atoms with Gasteiger partial charge in [-0.25, -0.2) is 14.5 Å². The molecule has 10 heteroatoms. The summed E-state index contributed by atoms with van der Waals surface area (Å²) in [6.45, 7) is 0.0629. The van der Waals surface area contributed by atoms with Gasteiger partial charge in [0.25, 0.3) is 5.56 Å². The lowest BCUT2D eigenvalue weighted by Gasteiger charge is -2.04. The van der Waals surface area contributed by atoms with Crippen LogP contribution in [0.25, 0.3) is 10.2 Å². The summed E-state index contributed by atoms with van der Waals surface area (Å²) >= 11 is 1.31. The van der Waals surface area contributed by atoms with Crippen molar-refractivity contribution in [2.24, 2.45) is 5.73 Å². The molecule has 0 aliphatic heterocycles. The van der Waals surface area contributed by atoms with E-state index in [4.69, 9.17) is 10.8 Å². The predicted octanol–water partition coefficient (Wildman–Crippen LogP) is -0.219. The van der Waals surface area contributed by atoms with Gasteiger partial charge in [0.15, 0.2) is 5.69 Å². The third kappa shape index (κ3) is 2.30. The lowest BCUT2D eigenvalue weighted by Crippen LogP contribution is -2.17. The van der Waals surface area contributed by atoms with Gasteiger partial charge in [-0.2, -0.15) is 0 Å². The van der Waals surface area contributed by atoms with Crippen LogP contribution in [0.2, 0.25) is 0 Å². The molecule has 0 saturated heterocycles. The van der Waals surface area contributed by atoms with Gasteiger partial charge in [0.2, 0.25) is 0 Å². The second-order valence-electron chi connectivity index (χ2n) is 4.20. The number of aromatic carboxylic acids is 1. The Balaban J connectivity index is 2.02. The van der Waals surface area contributed by atoms with E-state index < -0.39 is 5.97 Å². The first-order valence-electron chi connectivity index (χ1n) is 5.92. The van der Waals surface area contributed by atoms with Crippen molar-refractivity contribution in [2.45, 2.75) is 13.1 Å². The number of H-pyrrole nitrogens is 1. The second-order valence-corrected chi connectivity index (χ2v) is 5.12. The van der Waals surface area contributed by atoms with Crippen molar-refractivity contribution in [1.29, 1.82) is 0 Å². The minimum Gasteiger partial charge on any atom is -0.476 e. The summed E-state index contributed by atoms with van der Waals surface area (Å²) in [4.78, 5) is 29.8. The molecule has 3 heterocycles. The van der Waals surface area contributed by atoms with Crippen LogP contribution in [0.1, 0.15) is 22.0 Å². The predicted molar refractivity (Wildman–Crippen MR) is 74.2 cm³/mol. The van der Waals surface area contributed by atoms with E-state index in [0.29, 0.717) is 16.0 Å². The maximum absolute atomic E-state index is 11.9. The number of thiophene rings is 1. The van der Waals surface area contributed by atoms with Crippen molar-refractivity contribution >= 4 is 27.5 Å². The average Bonchev–Trinajstić information content (AvgIpc) is 3.05. The number of hydrogen-bond donors (Lipinski definition) is 3. The average molecular weight is 306 g/mol. The number of aromatic nitrogens is 5. The van der Waals surface area contributed by atoms with Crippen LogP contribution in [0, 0.1) is 0 Å². The lowest BCUT2D eigenvalue weighted by molar-refractivity contribution is 0.0689. The number of carboxylic acid groups (broad SMARTS) is 1. The van der Waals surface area contributed by atoms with Crippen LogP contribution < -0.4 is 11.3 Å². The van der Waals surface area contributed by atoms with Crippen molar-refractivity contribution in [3.8, 4) is 0 Å². The fraction of sp³-hybridized carbons (Fsp3) is 0.182. The Bertz CT molecular complexity index is 880. The molecule has 0 atom stereocenters. The molecule has 0 radical (unpaired) electrons. The summed E-state index contributed by atoms with van der Waals surface area (Å²) in [6, 6.07) is 1.74. The summed E-state index contributed by atoms with van der Waals surface area (Å²) in [6.07, 6.45) is 0. The molecule has 0 aliphatic rings. The number of nitrogens with one attached hydrogen (secondary N) is 1. The number of nitrogens with two attached hydrogens (primary N) is 1. The van der Waals surface area contributed by atoms with E-state index in [1.165, 1.54) is 16.0 Å². The summed E-state index contributed by atoms with van der Waals surface area (Å²) in [7, 11) is 0. The normalized spacial score (nSPS) is 11.1. The Morgan fingerprint density at radius 1 is 1.52 bits per heavy atom. The maximum Gasteiger partial charge on any atom is 0.358 e. The number of nitrogens with zero attached hydrogens (tertiary/aromatic N) is 4. The Kier molecular flexibility index (Phi) is 3.23. The summed E-state index contributed by atoms with van der Waals surface area (Å²) in [5, 5.41) is 18.1. The molecule has 3 aromatic rings. The number of carbonyl (C=O) groups is 1. The molecule has 0 fully saturated rings. The number of rotatable bonds is 4.